The Morgan fingerprint density at radius 3 is 2.33 bits per heavy atom. The summed E-state index contributed by atoms with van der Waals surface area (Å²) in [4.78, 5) is 0. The fourth-order valence-corrected chi connectivity index (χ4v) is 1.56. The van der Waals surface area contributed by atoms with E-state index in [1.807, 2.05) is 0 Å². The van der Waals surface area contributed by atoms with Crippen LogP contribution in [0.15, 0.2) is 0 Å². The van der Waals surface area contributed by atoms with Gasteiger partial charge in [-0.15, -0.1) is 0 Å². The Morgan fingerprint density at radius 2 is 1.87 bits per heavy atom. The van der Waals surface area contributed by atoms with Gasteiger partial charge in [-0.05, 0) is 6.92 Å². The Bertz CT molecular complexity index is 202. The lowest BCUT2D eigenvalue weighted by Crippen LogP contribution is -2.64. The average Bonchev–Trinajstić information content (AvgIpc) is 2.18. The van der Waals surface area contributed by atoms with E-state index >= 15 is 0 Å². The number of rotatable bonds is 3. The summed E-state index contributed by atoms with van der Waals surface area (Å²) in [5.41, 5.74) is 0. The van der Waals surface area contributed by atoms with Gasteiger partial charge in [0.1, 0.15) is 24.5 Å². The van der Waals surface area contributed by atoms with E-state index in [9.17, 15) is 15.3 Å². The summed E-state index contributed by atoms with van der Waals surface area (Å²) in [6.07, 6.45) is -6.01. The fourth-order valence-electron chi connectivity index (χ4n) is 1.56. The van der Waals surface area contributed by atoms with E-state index < -0.39 is 43.5 Å². The fraction of sp³-hybridized carbons (Fsp3) is 1.00. The predicted molar refractivity (Wildman–Crippen MR) is 48.6 cm³/mol. The van der Waals surface area contributed by atoms with Gasteiger partial charge in [0.05, 0.1) is 12.6 Å². The van der Waals surface area contributed by atoms with Crippen molar-refractivity contribution in [1.82, 2.24) is 5.32 Å². The SMILES string of the molecule is CC(O)N[C@@H]1[C@@H](O)[C@H](O)[C@@H](CO)O[C@H]1O. The van der Waals surface area contributed by atoms with Crippen molar-refractivity contribution in [3.8, 4) is 0 Å². The Morgan fingerprint density at radius 1 is 1.27 bits per heavy atom. The van der Waals surface area contributed by atoms with E-state index in [0.29, 0.717) is 0 Å². The zero-order valence-electron chi connectivity index (χ0n) is 8.32. The normalized spacial score (nSPS) is 44.0. The number of hydrogen-bond donors (Lipinski definition) is 6. The molecule has 0 aromatic heterocycles. The van der Waals surface area contributed by atoms with Gasteiger partial charge in [0.25, 0.3) is 0 Å². The van der Waals surface area contributed by atoms with Crippen molar-refractivity contribution in [3.05, 3.63) is 0 Å². The van der Waals surface area contributed by atoms with Gasteiger partial charge < -0.3 is 30.3 Å². The van der Waals surface area contributed by atoms with Gasteiger partial charge >= 0.3 is 0 Å². The molecule has 6 N–H and O–H groups in total. The van der Waals surface area contributed by atoms with Crippen LogP contribution < -0.4 is 5.32 Å². The minimum absolute atomic E-state index is 0.503. The Balaban J connectivity index is 2.66. The molecule has 1 aliphatic heterocycles. The van der Waals surface area contributed by atoms with Crippen LogP contribution in [0.1, 0.15) is 6.92 Å². The molecule has 1 unspecified atom stereocenters. The number of aliphatic hydroxyl groups is 5. The molecule has 0 aliphatic carbocycles. The lowest BCUT2D eigenvalue weighted by atomic mass is 9.97. The molecule has 7 heteroatoms. The molecule has 90 valence electrons. The van der Waals surface area contributed by atoms with Gasteiger partial charge in [-0.2, -0.15) is 0 Å². The van der Waals surface area contributed by atoms with Crippen molar-refractivity contribution in [2.24, 2.45) is 0 Å². The number of nitrogens with one attached hydrogen (secondary N) is 1. The summed E-state index contributed by atoms with van der Waals surface area (Å²) in [5.74, 6) is 0. The molecule has 1 saturated heterocycles. The molecular formula is C8H17NO6. The number of aliphatic hydroxyl groups excluding tert-OH is 5. The Labute approximate surface area is 86.9 Å². The quantitative estimate of drug-likeness (QED) is 0.277. The molecule has 0 saturated carbocycles. The van der Waals surface area contributed by atoms with E-state index in [1.165, 1.54) is 6.92 Å². The van der Waals surface area contributed by atoms with Crippen molar-refractivity contribution < 1.29 is 30.3 Å². The maximum atomic E-state index is 9.58. The summed E-state index contributed by atoms with van der Waals surface area (Å²) >= 11 is 0. The van der Waals surface area contributed by atoms with Gasteiger partial charge in [-0.1, -0.05) is 0 Å². The van der Waals surface area contributed by atoms with Gasteiger partial charge in [0.2, 0.25) is 0 Å². The molecule has 15 heavy (non-hydrogen) atoms. The Kier molecular flexibility index (Phi) is 4.41. The van der Waals surface area contributed by atoms with Crippen LogP contribution in [0.3, 0.4) is 0 Å². The van der Waals surface area contributed by atoms with E-state index in [-0.39, 0.29) is 0 Å². The largest absolute Gasteiger partial charge is 0.394 e. The second-order valence-electron chi connectivity index (χ2n) is 3.60. The molecule has 7 nitrogen and oxygen atoms in total. The van der Waals surface area contributed by atoms with Gasteiger partial charge in [-0.25, -0.2) is 0 Å². The highest BCUT2D eigenvalue weighted by atomic mass is 16.6. The molecule has 1 fully saturated rings. The highest BCUT2D eigenvalue weighted by Crippen LogP contribution is 2.19. The van der Waals surface area contributed by atoms with Crippen LogP contribution in [-0.2, 0) is 4.74 Å². The summed E-state index contributed by atoms with van der Waals surface area (Å²) < 4.78 is 4.85. The third kappa shape index (κ3) is 2.85. The number of ether oxygens (including phenoxy) is 1. The van der Waals surface area contributed by atoms with Crippen LogP contribution in [-0.4, -0.2) is 69.0 Å². The van der Waals surface area contributed by atoms with Crippen LogP contribution >= 0.6 is 0 Å². The molecular weight excluding hydrogens is 206 g/mol. The van der Waals surface area contributed by atoms with Crippen LogP contribution in [0.25, 0.3) is 0 Å². The average molecular weight is 223 g/mol. The number of hydrogen-bond acceptors (Lipinski definition) is 7. The molecule has 6 atom stereocenters. The van der Waals surface area contributed by atoms with E-state index in [2.05, 4.69) is 5.32 Å². The van der Waals surface area contributed by atoms with Crippen molar-refractivity contribution >= 4 is 0 Å². The maximum Gasteiger partial charge on any atom is 0.173 e. The van der Waals surface area contributed by atoms with Crippen molar-refractivity contribution in [3.63, 3.8) is 0 Å². The first-order valence-corrected chi connectivity index (χ1v) is 4.72. The van der Waals surface area contributed by atoms with Crippen LogP contribution in [0.2, 0.25) is 0 Å². The van der Waals surface area contributed by atoms with Crippen LogP contribution in [0.4, 0.5) is 0 Å². The first kappa shape index (κ1) is 12.8. The summed E-state index contributed by atoms with van der Waals surface area (Å²) in [5, 5.41) is 48.7. The molecule has 0 bridgehead atoms. The molecule has 0 aromatic rings. The molecule has 1 heterocycles. The molecule has 0 radical (unpaired) electrons. The summed E-state index contributed by atoms with van der Waals surface area (Å²) in [6, 6.07) is -0.997. The van der Waals surface area contributed by atoms with Crippen molar-refractivity contribution in [2.75, 3.05) is 6.61 Å². The van der Waals surface area contributed by atoms with E-state index in [4.69, 9.17) is 14.9 Å². The van der Waals surface area contributed by atoms with Gasteiger partial charge in [-0.3, -0.25) is 5.32 Å². The van der Waals surface area contributed by atoms with Crippen molar-refractivity contribution in [2.45, 2.75) is 43.8 Å². The summed E-state index contributed by atoms with van der Waals surface area (Å²) in [6.45, 7) is 0.903. The van der Waals surface area contributed by atoms with E-state index in [0.717, 1.165) is 0 Å². The molecule has 1 aliphatic rings. The third-order valence-electron chi connectivity index (χ3n) is 2.33. The lowest BCUT2D eigenvalue weighted by Gasteiger charge is -2.40. The van der Waals surface area contributed by atoms with Gasteiger partial charge in [0.15, 0.2) is 6.29 Å². The first-order valence-electron chi connectivity index (χ1n) is 4.72. The molecule has 1 rings (SSSR count). The Hall–Kier alpha value is -0.280. The molecule has 0 aromatic carbocycles. The third-order valence-corrected chi connectivity index (χ3v) is 2.33. The highest BCUT2D eigenvalue weighted by Gasteiger charge is 2.43. The monoisotopic (exact) mass is 223 g/mol. The van der Waals surface area contributed by atoms with Crippen LogP contribution in [0.5, 0.6) is 0 Å². The first-order chi connectivity index (χ1) is 6.97. The van der Waals surface area contributed by atoms with Crippen LogP contribution in [0, 0.1) is 0 Å². The second-order valence-corrected chi connectivity index (χ2v) is 3.60. The second kappa shape index (κ2) is 5.17. The minimum Gasteiger partial charge on any atom is -0.394 e. The zero-order valence-corrected chi connectivity index (χ0v) is 8.32. The van der Waals surface area contributed by atoms with E-state index in [1.54, 1.807) is 0 Å². The van der Waals surface area contributed by atoms with Crippen molar-refractivity contribution in [1.29, 1.82) is 0 Å². The molecule has 0 spiro atoms. The zero-order chi connectivity index (χ0) is 11.6. The summed E-state index contributed by atoms with van der Waals surface area (Å²) in [7, 11) is 0. The topological polar surface area (TPSA) is 122 Å². The highest BCUT2D eigenvalue weighted by molar-refractivity contribution is 4.92. The molecule has 0 amide bonds. The standard InChI is InChI=1S/C8H17NO6/c1-3(11)9-5-7(13)6(12)4(2-10)15-8(5)14/h3-14H,2H2,1H3/t3?,4-,5-,6-,7-,8-/m1/s1. The van der Waals surface area contributed by atoms with Gasteiger partial charge in [0, 0.05) is 0 Å². The smallest absolute Gasteiger partial charge is 0.173 e. The minimum atomic E-state index is -1.39. The lowest BCUT2D eigenvalue weighted by molar-refractivity contribution is -0.257. The predicted octanol–water partition coefficient (Wildman–Crippen LogP) is -3.29. The maximum absolute atomic E-state index is 9.58.